The maximum atomic E-state index is 12.3. The molecule has 4 rings (SSSR count). The second-order valence-corrected chi connectivity index (χ2v) is 10.2. The number of aromatic nitrogens is 1. The van der Waals surface area contributed by atoms with Crippen molar-refractivity contribution in [1.29, 1.82) is 0 Å². The van der Waals surface area contributed by atoms with Gasteiger partial charge in [0.2, 0.25) is 0 Å². The molecule has 33 heavy (non-hydrogen) atoms. The number of methoxy groups -OCH3 is 2. The second kappa shape index (κ2) is 9.60. The van der Waals surface area contributed by atoms with Gasteiger partial charge in [-0.2, -0.15) is 12.7 Å². The molecule has 1 atom stereocenters. The number of rotatable bonds is 6. The Balaban J connectivity index is 1.46. The van der Waals surface area contributed by atoms with Gasteiger partial charge < -0.3 is 19.5 Å². The van der Waals surface area contributed by atoms with E-state index in [2.05, 4.69) is 9.88 Å². The van der Waals surface area contributed by atoms with E-state index < -0.39 is 16.3 Å². The normalized spacial score (nSPS) is 20.5. The molecule has 0 radical (unpaired) electrons. The summed E-state index contributed by atoms with van der Waals surface area (Å²) in [7, 11) is -0.780. The second-order valence-electron chi connectivity index (χ2n) is 8.55. The number of piperidine rings is 2. The molecule has 180 valence electrons. The summed E-state index contributed by atoms with van der Waals surface area (Å²) in [6.45, 7) is 2.43. The third-order valence-electron chi connectivity index (χ3n) is 6.75. The van der Waals surface area contributed by atoms with Crippen LogP contribution < -0.4 is 19.1 Å². The first-order valence-electron chi connectivity index (χ1n) is 11.1. The van der Waals surface area contributed by atoms with Crippen LogP contribution in [-0.2, 0) is 10.2 Å². The molecule has 2 aromatic rings. The van der Waals surface area contributed by atoms with Crippen LogP contribution in [0.4, 0.5) is 10.5 Å². The van der Waals surface area contributed by atoms with Crippen molar-refractivity contribution in [3.05, 3.63) is 24.4 Å². The quantitative estimate of drug-likeness (QED) is 0.650. The molecule has 3 heterocycles. The molecular formula is C22H30N4O6S. The number of nitrogens with one attached hydrogen (secondary N) is 1. The number of benzene rings is 1. The zero-order valence-electron chi connectivity index (χ0n) is 18.9. The van der Waals surface area contributed by atoms with Crippen LogP contribution >= 0.6 is 0 Å². The number of anilines is 1. The molecule has 2 saturated heterocycles. The van der Waals surface area contributed by atoms with Gasteiger partial charge in [0.15, 0.2) is 11.5 Å². The van der Waals surface area contributed by atoms with Crippen molar-refractivity contribution in [2.75, 3.05) is 45.3 Å². The molecule has 2 fully saturated rings. The highest BCUT2D eigenvalue weighted by Gasteiger charge is 2.35. The van der Waals surface area contributed by atoms with E-state index in [0.717, 1.165) is 55.4 Å². The molecule has 1 aromatic heterocycles. The molecule has 11 heteroatoms. The van der Waals surface area contributed by atoms with Gasteiger partial charge in [-0.05, 0) is 49.7 Å². The van der Waals surface area contributed by atoms with Crippen LogP contribution in [0.15, 0.2) is 24.4 Å². The lowest BCUT2D eigenvalue weighted by Gasteiger charge is -2.41. The number of fused-ring (bicyclic) bond motifs is 1. The molecule has 0 spiro atoms. The van der Waals surface area contributed by atoms with E-state index in [0.29, 0.717) is 30.5 Å². The van der Waals surface area contributed by atoms with Crippen LogP contribution in [-0.4, -0.2) is 69.3 Å². The average Bonchev–Trinajstić information content (AvgIpc) is 2.82. The summed E-state index contributed by atoms with van der Waals surface area (Å²) in [4.78, 5) is 17.7. The predicted molar refractivity (Wildman–Crippen MR) is 124 cm³/mol. The highest BCUT2D eigenvalue weighted by Crippen LogP contribution is 2.38. The molecule has 0 aliphatic carbocycles. The summed E-state index contributed by atoms with van der Waals surface area (Å²) in [6.07, 6.45) is 3.84. The zero-order valence-corrected chi connectivity index (χ0v) is 19.7. The van der Waals surface area contributed by atoms with Crippen LogP contribution in [0, 0.1) is 11.8 Å². The fourth-order valence-electron chi connectivity index (χ4n) is 5.10. The number of hydrogen-bond acceptors (Lipinski definition) is 7. The number of pyridine rings is 1. The van der Waals surface area contributed by atoms with Gasteiger partial charge >= 0.3 is 16.3 Å². The smallest absolute Gasteiger partial charge is 0.419 e. The lowest BCUT2D eigenvalue weighted by Crippen LogP contribution is -2.49. The summed E-state index contributed by atoms with van der Waals surface area (Å²) in [6, 6.07) is 5.86. The van der Waals surface area contributed by atoms with Gasteiger partial charge in [0.25, 0.3) is 0 Å². The topological polar surface area (TPSA) is 121 Å². The van der Waals surface area contributed by atoms with Gasteiger partial charge in [-0.25, -0.2) is 9.52 Å². The number of amides is 1. The van der Waals surface area contributed by atoms with E-state index >= 15 is 0 Å². The summed E-state index contributed by atoms with van der Waals surface area (Å²) >= 11 is 0. The summed E-state index contributed by atoms with van der Waals surface area (Å²) in [5.41, 5.74) is 1.93. The maximum absolute atomic E-state index is 12.3. The third kappa shape index (κ3) is 4.93. The first-order valence-corrected chi connectivity index (χ1v) is 12.5. The third-order valence-corrected chi connectivity index (χ3v) is 8.19. The molecule has 2 aliphatic heterocycles. The predicted octanol–water partition coefficient (Wildman–Crippen LogP) is 2.69. The Morgan fingerprint density at radius 2 is 1.79 bits per heavy atom. The Hall–Kier alpha value is -2.79. The lowest BCUT2D eigenvalue weighted by atomic mass is 9.80. The lowest BCUT2D eigenvalue weighted by molar-refractivity contribution is 0.173. The van der Waals surface area contributed by atoms with Crippen molar-refractivity contribution < 1.29 is 27.8 Å². The number of carbonyl (C=O) groups is 1. The standard InChI is InChI=1S/C22H30N4O6S/c1-31-20-12-17-18(13-21(20)32-2)23-8-5-19(17)25-10-6-15(7-11-25)16-4-3-9-26(14-16)33(29,30)24-22(27)28/h5,8,12-13,15-16,24H,3-4,6-7,9-11,14H2,1-2H3,(H,27,28)/t16-/m0/s1. The Bertz CT molecular complexity index is 1120. The minimum atomic E-state index is -4.00. The molecule has 0 bridgehead atoms. The molecule has 0 saturated carbocycles. The molecule has 10 nitrogen and oxygen atoms in total. The number of carboxylic acid groups (broad SMARTS) is 1. The van der Waals surface area contributed by atoms with Crippen LogP contribution in [0.1, 0.15) is 25.7 Å². The minimum Gasteiger partial charge on any atom is -0.493 e. The van der Waals surface area contributed by atoms with Gasteiger partial charge in [-0.3, -0.25) is 4.98 Å². The fraction of sp³-hybridized carbons (Fsp3) is 0.545. The molecule has 2 aliphatic rings. The van der Waals surface area contributed by atoms with Crippen molar-refractivity contribution in [3.8, 4) is 11.5 Å². The van der Waals surface area contributed by atoms with E-state index in [1.54, 1.807) is 25.1 Å². The first-order chi connectivity index (χ1) is 15.8. The Kier molecular flexibility index (Phi) is 6.80. The monoisotopic (exact) mass is 478 g/mol. The van der Waals surface area contributed by atoms with E-state index in [9.17, 15) is 13.2 Å². The Morgan fingerprint density at radius 3 is 2.45 bits per heavy atom. The average molecular weight is 479 g/mol. The Morgan fingerprint density at radius 1 is 1.09 bits per heavy atom. The molecule has 2 N–H and O–H groups in total. The molecule has 0 unspecified atom stereocenters. The van der Waals surface area contributed by atoms with E-state index in [1.807, 2.05) is 18.2 Å². The van der Waals surface area contributed by atoms with Crippen molar-refractivity contribution >= 4 is 32.9 Å². The number of hydrogen-bond donors (Lipinski definition) is 2. The van der Waals surface area contributed by atoms with Crippen LogP contribution in [0.3, 0.4) is 0 Å². The van der Waals surface area contributed by atoms with E-state index in [1.165, 1.54) is 4.31 Å². The minimum absolute atomic E-state index is 0.227. The highest BCUT2D eigenvalue weighted by molar-refractivity contribution is 7.87. The Labute approximate surface area is 193 Å². The number of nitrogens with zero attached hydrogens (tertiary/aromatic N) is 3. The van der Waals surface area contributed by atoms with Crippen molar-refractivity contribution in [2.24, 2.45) is 11.8 Å². The SMILES string of the molecule is COc1cc2nccc(N3CCC([C@H]4CCCN(S(=O)(=O)NC(=O)O)C4)CC3)c2cc1OC. The molecular weight excluding hydrogens is 448 g/mol. The maximum Gasteiger partial charge on any atom is 0.419 e. The summed E-state index contributed by atoms with van der Waals surface area (Å²) in [5.74, 6) is 1.92. The number of ether oxygens (including phenoxy) is 2. The van der Waals surface area contributed by atoms with Crippen molar-refractivity contribution in [2.45, 2.75) is 25.7 Å². The van der Waals surface area contributed by atoms with Crippen molar-refractivity contribution in [3.63, 3.8) is 0 Å². The van der Waals surface area contributed by atoms with Gasteiger partial charge in [-0.1, -0.05) is 0 Å². The van der Waals surface area contributed by atoms with Gasteiger partial charge in [-0.15, -0.1) is 0 Å². The van der Waals surface area contributed by atoms with E-state index in [-0.39, 0.29) is 5.92 Å². The summed E-state index contributed by atoms with van der Waals surface area (Å²) in [5, 5.41) is 9.83. The molecule has 1 amide bonds. The highest BCUT2D eigenvalue weighted by atomic mass is 32.2. The summed E-state index contributed by atoms with van der Waals surface area (Å²) < 4.78 is 38.4. The van der Waals surface area contributed by atoms with Crippen LogP contribution in [0.2, 0.25) is 0 Å². The fourth-order valence-corrected chi connectivity index (χ4v) is 6.20. The van der Waals surface area contributed by atoms with Gasteiger partial charge in [0.1, 0.15) is 0 Å². The van der Waals surface area contributed by atoms with Crippen molar-refractivity contribution in [1.82, 2.24) is 14.0 Å². The molecule has 1 aromatic carbocycles. The van der Waals surface area contributed by atoms with Crippen LogP contribution in [0.5, 0.6) is 11.5 Å². The largest absolute Gasteiger partial charge is 0.493 e. The van der Waals surface area contributed by atoms with Gasteiger partial charge in [0.05, 0.1) is 19.7 Å². The van der Waals surface area contributed by atoms with Gasteiger partial charge in [0, 0.05) is 49.5 Å². The zero-order chi connectivity index (χ0) is 23.6. The first kappa shape index (κ1) is 23.4. The van der Waals surface area contributed by atoms with Crippen LogP contribution in [0.25, 0.3) is 10.9 Å². The van der Waals surface area contributed by atoms with E-state index in [4.69, 9.17) is 14.6 Å².